The Labute approximate surface area is 210 Å². The number of nitrogens with zero attached hydrogens (tertiary/aromatic N) is 1. The van der Waals surface area contributed by atoms with E-state index in [1.54, 1.807) is 30.3 Å². The van der Waals surface area contributed by atoms with Crippen molar-refractivity contribution in [1.82, 2.24) is 5.32 Å². The molecule has 0 unspecified atom stereocenters. The summed E-state index contributed by atoms with van der Waals surface area (Å²) in [6.45, 7) is 13.9. The molecule has 0 aliphatic carbocycles. The van der Waals surface area contributed by atoms with Crippen molar-refractivity contribution < 1.29 is 13.2 Å². The Morgan fingerprint density at radius 3 is 2.03 bits per heavy atom. The van der Waals surface area contributed by atoms with Gasteiger partial charge in [-0.1, -0.05) is 68.8 Å². The van der Waals surface area contributed by atoms with E-state index in [1.165, 1.54) is 9.87 Å². The van der Waals surface area contributed by atoms with Gasteiger partial charge in [0.05, 0.1) is 16.6 Å². The number of carbonyl (C=O) groups excluding carboxylic acids is 1. The van der Waals surface area contributed by atoms with Gasteiger partial charge in [-0.3, -0.25) is 9.10 Å². The van der Waals surface area contributed by atoms with E-state index in [2.05, 4.69) is 38.2 Å². The van der Waals surface area contributed by atoms with Crippen LogP contribution in [0.15, 0.2) is 71.6 Å². The van der Waals surface area contributed by atoms with Gasteiger partial charge in [0.1, 0.15) is 6.54 Å². The third kappa shape index (κ3) is 6.31. The lowest BCUT2D eigenvalue weighted by Crippen LogP contribution is -2.41. The number of hydrogen-bond donors (Lipinski definition) is 1. The van der Waals surface area contributed by atoms with Crippen LogP contribution in [-0.4, -0.2) is 20.9 Å². The maximum absolute atomic E-state index is 13.6. The second kappa shape index (κ2) is 10.2. The van der Waals surface area contributed by atoms with Crippen molar-refractivity contribution in [3.05, 3.63) is 94.5 Å². The Kier molecular flexibility index (Phi) is 7.75. The molecule has 3 aromatic carbocycles. The molecule has 1 N–H and O–H groups in total. The molecule has 1 amide bonds. The quantitative estimate of drug-likeness (QED) is 0.441. The first kappa shape index (κ1) is 26.5. The molecule has 1 atom stereocenters. The summed E-state index contributed by atoms with van der Waals surface area (Å²) in [5.74, 6) is -0.369. The van der Waals surface area contributed by atoms with Crippen molar-refractivity contribution in [1.29, 1.82) is 0 Å². The normalized spacial score (nSPS) is 12.8. The number of benzene rings is 3. The smallest absolute Gasteiger partial charge is 0.264 e. The van der Waals surface area contributed by atoms with Gasteiger partial charge in [-0.25, -0.2) is 8.42 Å². The van der Waals surface area contributed by atoms with Crippen LogP contribution in [-0.2, 0) is 20.2 Å². The maximum atomic E-state index is 13.6. The van der Waals surface area contributed by atoms with Gasteiger partial charge < -0.3 is 5.32 Å². The van der Waals surface area contributed by atoms with Crippen LogP contribution in [0.25, 0.3) is 0 Å². The summed E-state index contributed by atoms with van der Waals surface area (Å²) < 4.78 is 28.4. The van der Waals surface area contributed by atoms with Gasteiger partial charge >= 0.3 is 0 Å². The minimum atomic E-state index is -3.95. The Morgan fingerprint density at radius 2 is 1.49 bits per heavy atom. The van der Waals surface area contributed by atoms with E-state index in [4.69, 9.17) is 0 Å². The molecule has 0 heterocycles. The first-order chi connectivity index (χ1) is 16.3. The summed E-state index contributed by atoms with van der Waals surface area (Å²) in [6, 6.07) is 20.0. The van der Waals surface area contributed by atoms with Crippen molar-refractivity contribution >= 4 is 21.6 Å². The topological polar surface area (TPSA) is 66.5 Å². The largest absolute Gasteiger partial charge is 0.348 e. The molecule has 0 spiro atoms. The summed E-state index contributed by atoms with van der Waals surface area (Å²) in [5.41, 5.74) is 5.66. The SMILES string of the molecule is Cc1ccc(S(=O)(=O)N(CC(=O)N[C@@H](C)c2ccc(C(C)(C)C)cc2)c2ccc(C)c(C)c2)cc1. The van der Waals surface area contributed by atoms with Crippen molar-refractivity contribution in [3.63, 3.8) is 0 Å². The molecule has 0 saturated heterocycles. The zero-order chi connectivity index (χ0) is 26.0. The fourth-order valence-corrected chi connectivity index (χ4v) is 5.22. The van der Waals surface area contributed by atoms with Gasteiger partial charge in [0, 0.05) is 0 Å². The Bertz CT molecular complexity index is 1290. The predicted octanol–water partition coefficient (Wildman–Crippen LogP) is 5.98. The zero-order valence-corrected chi connectivity index (χ0v) is 22.5. The Hall–Kier alpha value is -3.12. The lowest BCUT2D eigenvalue weighted by Gasteiger charge is -2.26. The maximum Gasteiger partial charge on any atom is 0.264 e. The van der Waals surface area contributed by atoms with Gasteiger partial charge in [0.2, 0.25) is 5.91 Å². The monoisotopic (exact) mass is 492 g/mol. The molecular weight excluding hydrogens is 456 g/mol. The number of amides is 1. The number of rotatable bonds is 7. The lowest BCUT2D eigenvalue weighted by molar-refractivity contribution is -0.120. The van der Waals surface area contributed by atoms with Crippen LogP contribution < -0.4 is 9.62 Å². The Morgan fingerprint density at radius 1 is 0.886 bits per heavy atom. The molecule has 0 aliphatic rings. The zero-order valence-electron chi connectivity index (χ0n) is 21.7. The molecule has 3 aromatic rings. The molecule has 0 fully saturated rings. The number of anilines is 1. The standard InChI is InChI=1S/C29H36N2O3S/c1-20-8-16-27(17-9-20)35(33,34)31(26-15-10-21(2)22(3)18-26)19-28(32)30-23(4)24-11-13-25(14-12-24)29(5,6)7/h8-18,23H,19H2,1-7H3,(H,30,32)/t23-/m0/s1. The molecule has 3 rings (SSSR count). The fourth-order valence-electron chi connectivity index (χ4n) is 3.81. The van der Waals surface area contributed by atoms with E-state index < -0.39 is 10.0 Å². The van der Waals surface area contributed by atoms with E-state index in [0.29, 0.717) is 5.69 Å². The number of sulfonamides is 1. The average molecular weight is 493 g/mol. The molecule has 0 radical (unpaired) electrons. The molecule has 6 heteroatoms. The van der Waals surface area contributed by atoms with Crippen molar-refractivity contribution in [2.75, 3.05) is 10.8 Å². The minimum Gasteiger partial charge on any atom is -0.348 e. The highest BCUT2D eigenvalue weighted by Gasteiger charge is 2.28. The third-order valence-electron chi connectivity index (χ3n) is 6.33. The van der Waals surface area contributed by atoms with E-state index in [1.807, 2.05) is 52.0 Å². The first-order valence-electron chi connectivity index (χ1n) is 11.9. The van der Waals surface area contributed by atoms with E-state index in [-0.39, 0.29) is 28.8 Å². The number of nitrogens with one attached hydrogen (secondary N) is 1. The molecule has 0 saturated carbocycles. The van der Waals surface area contributed by atoms with Crippen LogP contribution in [0.4, 0.5) is 5.69 Å². The lowest BCUT2D eigenvalue weighted by atomic mass is 9.86. The minimum absolute atomic E-state index is 0.0437. The molecule has 0 bridgehead atoms. The van der Waals surface area contributed by atoms with Gasteiger partial charge in [-0.15, -0.1) is 0 Å². The van der Waals surface area contributed by atoms with Gasteiger partial charge in [0.25, 0.3) is 10.0 Å². The summed E-state index contributed by atoms with van der Waals surface area (Å²) in [4.78, 5) is 13.3. The van der Waals surface area contributed by atoms with Gasteiger partial charge in [-0.05, 0) is 79.6 Å². The van der Waals surface area contributed by atoms with Crippen LogP contribution in [0.2, 0.25) is 0 Å². The highest BCUT2D eigenvalue weighted by atomic mass is 32.2. The van der Waals surface area contributed by atoms with Crippen LogP contribution in [0, 0.1) is 20.8 Å². The van der Waals surface area contributed by atoms with Crippen LogP contribution >= 0.6 is 0 Å². The van der Waals surface area contributed by atoms with Gasteiger partial charge in [-0.2, -0.15) is 0 Å². The summed E-state index contributed by atoms with van der Waals surface area (Å²) in [5, 5.41) is 2.97. The van der Waals surface area contributed by atoms with Crippen LogP contribution in [0.1, 0.15) is 61.6 Å². The molecule has 0 aliphatic heterocycles. The van der Waals surface area contributed by atoms with Crippen molar-refractivity contribution in [2.45, 2.75) is 64.8 Å². The summed E-state index contributed by atoms with van der Waals surface area (Å²) in [7, 11) is -3.95. The Balaban J connectivity index is 1.87. The first-order valence-corrected chi connectivity index (χ1v) is 13.3. The van der Waals surface area contributed by atoms with E-state index in [9.17, 15) is 13.2 Å². The van der Waals surface area contributed by atoms with Gasteiger partial charge in [0.15, 0.2) is 0 Å². The van der Waals surface area contributed by atoms with E-state index in [0.717, 1.165) is 22.3 Å². The summed E-state index contributed by atoms with van der Waals surface area (Å²) >= 11 is 0. The third-order valence-corrected chi connectivity index (χ3v) is 8.12. The second-order valence-corrected chi connectivity index (χ2v) is 12.1. The van der Waals surface area contributed by atoms with E-state index >= 15 is 0 Å². The number of aryl methyl sites for hydroxylation is 3. The molecule has 5 nitrogen and oxygen atoms in total. The predicted molar refractivity (Wildman–Crippen MR) is 143 cm³/mol. The van der Waals surface area contributed by atoms with Crippen LogP contribution in [0.3, 0.4) is 0 Å². The van der Waals surface area contributed by atoms with Crippen LogP contribution in [0.5, 0.6) is 0 Å². The average Bonchev–Trinajstić information content (AvgIpc) is 2.79. The number of carbonyl (C=O) groups is 1. The fraction of sp³-hybridized carbons (Fsp3) is 0.345. The highest BCUT2D eigenvalue weighted by Crippen LogP contribution is 2.27. The van der Waals surface area contributed by atoms with Crippen molar-refractivity contribution in [2.24, 2.45) is 0 Å². The second-order valence-electron chi connectivity index (χ2n) is 10.3. The number of hydrogen-bond acceptors (Lipinski definition) is 3. The molecule has 0 aromatic heterocycles. The summed E-state index contributed by atoms with van der Waals surface area (Å²) in [6.07, 6.45) is 0. The molecular formula is C29H36N2O3S. The highest BCUT2D eigenvalue weighted by molar-refractivity contribution is 7.92. The molecule has 186 valence electrons. The van der Waals surface area contributed by atoms with Crippen molar-refractivity contribution in [3.8, 4) is 0 Å². The molecule has 35 heavy (non-hydrogen) atoms.